The summed E-state index contributed by atoms with van der Waals surface area (Å²) in [5.41, 5.74) is 1.40. The molecule has 0 radical (unpaired) electrons. The van der Waals surface area contributed by atoms with Gasteiger partial charge in [-0.05, 0) is 36.8 Å². The average Bonchev–Trinajstić information content (AvgIpc) is 2.27. The van der Waals surface area contributed by atoms with Crippen LogP contribution in [0.25, 0.3) is 10.9 Å². The molecular formula is C12H11N2P. The molecule has 1 heterocycles. The van der Waals surface area contributed by atoms with E-state index in [0.29, 0.717) is 5.69 Å². The second-order valence-corrected chi connectivity index (χ2v) is 5.82. The summed E-state index contributed by atoms with van der Waals surface area (Å²) in [6, 6.07) is 11.9. The fourth-order valence-corrected chi connectivity index (χ4v) is 2.65. The van der Waals surface area contributed by atoms with Crippen LogP contribution in [0, 0.1) is 11.3 Å². The molecule has 2 rings (SSSR count). The second kappa shape index (κ2) is 3.96. The van der Waals surface area contributed by atoms with E-state index in [4.69, 9.17) is 5.26 Å². The molecule has 0 atom stereocenters. The highest BCUT2D eigenvalue weighted by Crippen LogP contribution is 2.27. The van der Waals surface area contributed by atoms with Crippen LogP contribution in [0.15, 0.2) is 30.3 Å². The lowest BCUT2D eigenvalue weighted by Crippen LogP contribution is -2.01. The summed E-state index contributed by atoms with van der Waals surface area (Å²) in [5, 5.41) is 11.3. The van der Waals surface area contributed by atoms with E-state index in [9.17, 15) is 0 Å². The number of fused-ring (bicyclic) bond motifs is 1. The highest BCUT2D eigenvalue weighted by molar-refractivity contribution is 7.64. The number of nitrogens with zero attached hydrogens (tertiary/aromatic N) is 2. The van der Waals surface area contributed by atoms with E-state index < -0.39 is 0 Å². The maximum absolute atomic E-state index is 8.77. The van der Waals surface area contributed by atoms with Crippen LogP contribution >= 0.6 is 7.92 Å². The van der Waals surface area contributed by atoms with Crippen LogP contribution in [0.5, 0.6) is 0 Å². The van der Waals surface area contributed by atoms with Crippen molar-refractivity contribution in [1.82, 2.24) is 4.98 Å². The van der Waals surface area contributed by atoms with Crippen molar-refractivity contribution in [3.05, 3.63) is 36.0 Å². The minimum atomic E-state index is -0.132. The summed E-state index contributed by atoms with van der Waals surface area (Å²) >= 11 is 0. The zero-order valence-electron chi connectivity index (χ0n) is 8.73. The van der Waals surface area contributed by atoms with Crippen molar-refractivity contribution < 1.29 is 0 Å². The number of aromatic nitrogens is 1. The first-order valence-electron chi connectivity index (χ1n) is 4.69. The van der Waals surface area contributed by atoms with Gasteiger partial charge in [0.25, 0.3) is 0 Å². The standard InChI is InChI=1S/C12H11N2P/c1-15(2)12-5-3-4-11-10(12)7-6-9(8-13)14-11/h3-7H,1-2H3. The average molecular weight is 214 g/mol. The Bertz CT molecular complexity index is 541. The van der Waals surface area contributed by atoms with Crippen molar-refractivity contribution in [2.45, 2.75) is 0 Å². The lowest BCUT2D eigenvalue weighted by atomic mass is 10.2. The predicted molar refractivity (Wildman–Crippen MR) is 64.9 cm³/mol. The molecule has 2 aromatic rings. The summed E-state index contributed by atoms with van der Waals surface area (Å²) in [4.78, 5) is 4.29. The van der Waals surface area contributed by atoms with Gasteiger partial charge in [-0.25, -0.2) is 4.98 Å². The van der Waals surface area contributed by atoms with Crippen LogP contribution < -0.4 is 5.30 Å². The van der Waals surface area contributed by atoms with E-state index in [1.807, 2.05) is 18.2 Å². The molecule has 2 nitrogen and oxygen atoms in total. The van der Waals surface area contributed by atoms with Gasteiger partial charge in [0.05, 0.1) is 5.52 Å². The van der Waals surface area contributed by atoms with Gasteiger partial charge in [-0.1, -0.05) is 20.1 Å². The molecule has 15 heavy (non-hydrogen) atoms. The van der Waals surface area contributed by atoms with Crippen LogP contribution in [-0.2, 0) is 0 Å². The molecule has 0 unspecified atom stereocenters. The molecular weight excluding hydrogens is 203 g/mol. The first kappa shape index (κ1) is 10.1. The number of rotatable bonds is 1. The minimum Gasteiger partial charge on any atom is -0.237 e. The number of hydrogen-bond acceptors (Lipinski definition) is 2. The number of hydrogen-bond donors (Lipinski definition) is 0. The number of pyridine rings is 1. The Morgan fingerprint density at radius 3 is 2.67 bits per heavy atom. The van der Waals surface area contributed by atoms with Gasteiger partial charge >= 0.3 is 0 Å². The van der Waals surface area contributed by atoms with E-state index in [1.165, 1.54) is 10.7 Å². The number of nitriles is 1. The molecule has 0 fully saturated rings. The van der Waals surface area contributed by atoms with Gasteiger partial charge in [0, 0.05) is 5.39 Å². The topological polar surface area (TPSA) is 36.7 Å². The summed E-state index contributed by atoms with van der Waals surface area (Å²) in [6.07, 6.45) is 0. The first-order chi connectivity index (χ1) is 7.22. The van der Waals surface area contributed by atoms with Crippen molar-refractivity contribution in [3.63, 3.8) is 0 Å². The Labute approximate surface area is 90.3 Å². The Morgan fingerprint density at radius 1 is 1.20 bits per heavy atom. The van der Waals surface area contributed by atoms with E-state index in [0.717, 1.165) is 5.52 Å². The second-order valence-electron chi connectivity index (χ2n) is 3.55. The highest BCUT2D eigenvalue weighted by atomic mass is 31.1. The number of benzene rings is 1. The lowest BCUT2D eigenvalue weighted by Gasteiger charge is -2.09. The SMILES string of the molecule is CP(C)c1cccc2nc(C#N)ccc12. The summed E-state index contributed by atoms with van der Waals surface area (Å²) in [6.45, 7) is 4.45. The quantitative estimate of drug-likeness (QED) is 0.684. The van der Waals surface area contributed by atoms with Gasteiger partial charge in [0.2, 0.25) is 0 Å². The molecule has 0 spiro atoms. The van der Waals surface area contributed by atoms with Crippen molar-refractivity contribution in [2.75, 3.05) is 13.3 Å². The van der Waals surface area contributed by atoms with Gasteiger partial charge in [-0.2, -0.15) is 5.26 Å². The normalized spacial score (nSPS) is 10.5. The summed E-state index contributed by atoms with van der Waals surface area (Å²) in [7, 11) is -0.132. The van der Waals surface area contributed by atoms with E-state index in [2.05, 4.69) is 30.4 Å². The maximum Gasteiger partial charge on any atom is 0.141 e. The minimum absolute atomic E-state index is 0.132. The van der Waals surface area contributed by atoms with Crippen molar-refractivity contribution in [1.29, 1.82) is 5.26 Å². The Balaban J connectivity index is 2.73. The van der Waals surface area contributed by atoms with Crippen LogP contribution in [0.3, 0.4) is 0 Å². The van der Waals surface area contributed by atoms with Crippen LogP contribution in [0.1, 0.15) is 5.69 Å². The smallest absolute Gasteiger partial charge is 0.141 e. The van der Waals surface area contributed by atoms with Crippen LogP contribution in [0.2, 0.25) is 0 Å². The zero-order chi connectivity index (χ0) is 10.8. The molecule has 0 aliphatic rings. The molecule has 74 valence electrons. The monoisotopic (exact) mass is 214 g/mol. The third-order valence-electron chi connectivity index (χ3n) is 2.31. The molecule has 1 aromatic heterocycles. The van der Waals surface area contributed by atoms with Gasteiger partial charge in [-0.15, -0.1) is 0 Å². The molecule has 0 saturated carbocycles. The molecule has 3 heteroatoms. The fourth-order valence-electron chi connectivity index (χ4n) is 1.59. The molecule has 0 aliphatic carbocycles. The Kier molecular flexibility index (Phi) is 2.66. The largest absolute Gasteiger partial charge is 0.237 e. The Morgan fingerprint density at radius 2 is 2.00 bits per heavy atom. The third kappa shape index (κ3) is 1.84. The van der Waals surface area contributed by atoms with Gasteiger partial charge in [0.15, 0.2) is 0 Å². The van der Waals surface area contributed by atoms with Crippen molar-refractivity contribution in [2.24, 2.45) is 0 Å². The van der Waals surface area contributed by atoms with Crippen molar-refractivity contribution in [3.8, 4) is 6.07 Å². The summed E-state index contributed by atoms with van der Waals surface area (Å²) in [5.74, 6) is 0. The molecule has 0 N–H and O–H groups in total. The molecule has 0 amide bonds. The van der Waals surface area contributed by atoms with Crippen molar-refractivity contribution >= 4 is 24.1 Å². The fraction of sp³-hybridized carbons (Fsp3) is 0.167. The van der Waals surface area contributed by atoms with E-state index in [-0.39, 0.29) is 7.92 Å². The lowest BCUT2D eigenvalue weighted by molar-refractivity contribution is 1.33. The van der Waals surface area contributed by atoms with E-state index >= 15 is 0 Å². The first-order valence-corrected chi connectivity index (χ1v) is 6.93. The molecule has 1 aromatic carbocycles. The molecule has 0 bridgehead atoms. The predicted octanol–water partition coefficient (Wildman–Crippen LogP) is 2.47. The van der Waals surface area contributed by atoms with Gasteiger partial charge < -0.3 is 0 Å². The zero-order valence-corrected chi connectivity index (χ0v) is 9.62. The van der Waals surface area contributed by atoms with Crippen LogP contribution in [-0.4, -0.2) is 18.3 Å². The summed E-state index contributed by atoms with van der Waals surface area (Å²) < 4.78 is 0. The Hall–Kier alpha value is -1.45. The highest BCUT2D eigenvalue weighted by Gasteiger charge is 2.05. The molecule has 0 aliphatic heterocycles. The van der Waals surface area contributed by atoms with Gasteiger partial charge in [0.1, 0.15) is 11.8 Å². The van der Waals surface area contributed by atoms with Gasteiger partial charge in [-0.3, -0.25) is 0 Å². The van der Waals surface area contributed by atoms with E-state index in [1.54, 1.807) is 6.07 Å². The van der Waals surface area contributed by atoms with Crippen LogP contribution in [0.4, 0.5) is 0 Å². The third-order valence-corrected chi connectivity index (χ3v) is 3.66. The molecule has 0 saturated heterocycles. The maximum atomic E-state index is 8.77.